The Morgan fingerprint density at radius 1 is 0.514 bits per heavy atom. The SMILES string of the molecule is CCCCCCCCCCCCCc1cc(CCCCCCCCCCCCC)cc(O[P+]([O-])([S-])[S-])c1. The van der Waals surface area contributed by atoms with Gasteiger partial charge in [0.15, 0.2) is 5.75 Å². The van der Waals surface area contributed by atoms with Gasteiger partial charge in [0.2, 0.25) is 0 Å². The maximum Gasteiger partial charge on any atom is 0.168 e. The third-order valence-corrected chi connectivity index (χ3v) is 8.26. The summed E-state index contributed by atoms with van der Waals surface area (Å²) in [5.74, 6) is 0.604. The van der Waals surface area contributed by atoms with Crippen LogP contribution in [0.25, 0.3) is 0 Å². The minimum absolute atomic E-state index is 0.604. The van der Waals surface area contributed by atoms with Crippen LogP contribution < -0.4 is 9.42 Å². The van der Waals surface area contributed by atoms with Crippen molar-refractivity contribution in [2.24, 2.45) is 0 Å². The second-order valence-electron chi connectivity index (χ2n) is 11.1. The van der Waals surface area contributed by atoms with Crippen molar-refractivity contribution in [1.82, 2.24) is 0 Å². The van der Waals surface area contributed by atoms with Crippen molar-refractivity contribution in [3.8, 4) is 5.75 Å². The van der Waals surface area contributed by atoms with Crippen LogP contribution in [0.3, 0.4) is 0 Å². The first kappa shape index (κ1) is 35.1. The van der Waals surface area contributed by atoms with E-state index < -0.39 is 6.12 Å². The van der Waals surface area contributed by atoms with E-state index in [4.69, 9.17) is 29.0 Å². The highest BCUT2D eigenvalue weighted by molar-refractivity contribution is 8.69. The van der Waals surface area contributed by atoms with Crippen LogP contribution in [0.4, 0.5) is 0 Å². The average Bonchev–Trinajstić information content (AvgIpc) is 2.85. The van der Waals surface area contributed by atoms with Gasteiger partial charge in [-0.3, -0.25) is 0 Å². The van der Waals surface area contributed by atoms with E-state index in [-0.39, 0.29) is 0 Å². The van der Waals surface area contributed by atoms with E-state index in [1.165, 1.54) is 152 Å². The summed E-state index contributed by atoms with van der Waals surface area (Å²) in [7, 11) is 0. The molecule has 0 aromatic heterocycles. The van der Waals surface area contributed by atoms with Gasteiger partial charge in [0, 0.05) is 0 Å². The van der Waals surface area contributed by atoms with Gasteiger partial charge in [-0.25, -0.2) is 0 Å². The number of rotatable bonds is 26. The van der Waals surface area contributed by atoms with Crippen LogP contribution >= 0.6 is 6.12 Å². The number of hydrogen-bond donors (Lipinski definition) is 0. The molecule has 0 saturated carbocycles. The monoisotopic (exact) mass is 568 g/mol. The topological polar surface area (TPSA) is 32.3 Å². The van der Waals surface area contributed by atoms with Crippen LogP contribution in [0, 0.1) is 0 Å². The summed E-state index contributed by atoms with van der Waals surface area (Å²) in [4.78, 5) is 11.9. The van der Waals surface area contributed by atoms with E-state index in [9.17, 15) is 4.89 Å². The lowest BCUT2D eigenvalue weighted by atomic mass is 9.99. The van der Waals surface area contributed by atoms with Gasteiger partial charge >= 0.3 is 0 Å². The average molecular weight is 569 g/mol. The van der Waals surface area contributed by atoms with Crippen LogP contribution in [0.2, 0.25) is 0 Å². The molecule has 0 fully saturated rings. The molecule has 0 radical (unpaired) electrons. The molecule has 0 N–H and O–H groups in total. The first-order valence-corrected chi connectivity index (χ1v) is 19.4. The normalized spacial score (nSPS) is 11.8. The number of unbranched alkanes of at least 4 members (excludes halogenated alkanes) is 20. The highest BCUT2D eigenvalue weighted by Crippen LogP contribution is 2.46. The van der Waals surface area contributed by atoms with Crippen LogP contribution in [0.1, 0.15) is 166 Å². The first-order valence-electron chi connectivity index (χ1n) is 15.8. The molecular formula is C32H57O2PS2-2. The van der Waals surface area contributed by atoms with E-state index >= 15 is 0 Å². The molecule has 2 nitrogen and oxygen atoms in total. The van der Waals surface area contributed by atoms with Crippen LogP contribution in [0.5, 0.6) is 5.75 Å². The summed E-state index contributed by atoms with van der Waals surface area (Å²) >= 11 is 9.75. The van der Waals surface area contributed by atoms with Crippen LogP contribution in [-0.4, -0.2) is 0 Å². The van der Waals surface area contributed by atoms with Crippen molar-refractivity contribution in [3.05, 3.63) is 29.3 Å². The Bertz CT molecular complexity index is 604. The zero-order valence-electron chi connectivity index (χ0n) is 24.3. The van der Waals surface area contributed by atoms with Gasteiger partial charge in [-0.05, 0) is 48.9 Å². The molecule has 37 heavy (non-hydrogen) atoms. The van der Waals surface area contributed by atoms with Crippen molar-refractivity contribution in [1.29, 1.82) is 0 Å². The largest absolute Gasteiger partial charge is 0.682 e. The molecule has 0 bridgehead atoms. The summed E-state index contributed by atoms with van der Waals surface area (Å²) in [6.45, 7) is 4.56. The van der Waals surface area contributed by atoms with Gasteiger partial charge in [0.25, 0.3) is 0 Å². The quantitative estimate of drug-likeness (QED) is 0.0632. The van der Waals surface area contributed by atoms with Crippen LogP contribution in [0.15, 0.2) is 18.2 Å². The highest BCUT2D eigenvalue weighted by atomic mass is 33.1. The summed E-state index contributed by atoms with van der Waals surface area (Å²) < 4.78 is 5.48. The van der Waals surface area contributed by atoms with Crippen molar-refractivity contribution < 1.29 is 9.42 Å². The molecule has 0 atom stereocenters. The highest BCUT2D eigenvalue weighted by Gasteiger charge is 2.06. The Morgan fingerprint density at radius 3 is 1.11 bits per heavy atom. The predicted octanol–water partition coefficient (Wildman–Crippen LogP) is 10.9. The Kier molecular flexibility index (Phi) is 22.7. The fraction of sp³-hybridized carbons (Fsp3) is 0.812. The molecule has 0 saturated heterocycles. The minimum Gasteiger partial charge on any atom is -0.682 e. The maximum absolute atomic E-state index is 11.9. The summed E-state index contributed by atoms with van der Waals surface area (Å²) in [5, 5.41) is 0. The van der Waals surface area contributed by atoms with E-state index in [1.807, 2.05) is 12.1 Å². The Labute approximate surface area is 242 Å². The summed E-state index contributed by atoms with van der Waals surface area (Å²) in [6, 6.07) is 6.33. The Morgan fingerprint density at radius 2 is 0.811 bits per heavy atom. The van der Waals surface area contributed by atoms with Crippen molar-refractivity contribution in [2.75, 3.05) is 0 Å². The van der Waals surface area contributed by atoms with E-state index in [1.54, 1.807) is 0 Å². The van der Waals surface area contributed by atoms with Gasteiger partial charge in [-0.1, -0.05) is 148 Å². The lowest BCUT2D eigenvalue weighted by Gasteiger charge is -2.42. The molecule has 0 amide bonds. The molecule has 1 rings (SSSR count). The van der Waals surface area contributed by atoms with E-state index in [0.717, 1.165) is 12.8 Å². The van der Waals surface area contributed by atoms with Gasteiger partial charge in [-0.2, -0.15) is 0 Å². The van der Waals surface area contributed by atoms with Crippen molar-refractivity contribution >= 4 is 30.6 Å². The predicted molar refractivity (Wildman–Crippen MR) is 169 cm³/mol. The lowest BCUT2D eigenvalue weighted by Crippen LogP contribution is -2.09. The summed E-state index contributed by atoms with van der Waals surface area (Å²) in [5.41, 5.74) is 2.54. The molecule has 0 unspecified atom stereocenters. The molecule has 0 heterocycles. The van der Waals surface area contributed by atoms with E-state index in [0.29, 0.717) is 5.75 Å². The van der Waals surface area contributed by atoms with Crippen molar-refractivity contribution in [2.45, 2.75) is 168 Å². The van der Waals surface area contributed by atoms with Crippen molar-refractivity contribution in [3.63, 3.8) is 0 Å². The fourth-order valence-electron chi connectivity index (χ4n) is 5.19. The number of benzene rings is 1. The molecule has 0 aliphatic heterocycles. The number of hydrogen-bond acceptors (Lipinski definition) is 4. The molecule has 216 valence electrons. The van der Waals surface area contributed by atoms with Gasteiger partial charge in [-0.15, -0.1) is 6.12 Å². The third-order valence-electron chi connectivity index (χ3n) is 7.38. The van der Waals surface area contributed by atoms with E-state index in [2.05, 4.69) is 19.9 Å². The Hall–Kier alpha value is 0.110. The third kappa shape index (κ3) is 22.6. The standard InChI is InChI=1S/C32H59O2PS2/c1-3-5-7-9-11-13-15-17-19-21-23-25-30-27-31(29-32(28-30)34-35(33,36)37)26-24-22-20-18-16-14-12-10-8-6-4-2/h27-29H,3-26H2,1-2H3,(H2,33,36,37)/p-2. The van der Waals surface area contributed by atoms with Gasteiger partial charge in [0.1, 0.15) is 0 Å². The zero-order chi connectivity index (χ0) is 27.0. The number of aryl methyl sites for hydroxylation is 2. The van der Waals surface area contributed by atoms with Gasteiger partial charge in [0.05, 0.1) is 0 Å². The molecule has 0 spiro atoms. The zero-order valence-corrected chi connectivity index (χ0v) is 26.8. The molecular weight excluding hydrogens is 511 g/mol. The molecule has 0 aliphatic carbocycles. The smallest absolute Gasteiger partial charge is 0.168 e. The lowest BCUT2D eigenvalue weighted by molar-refractivity contribution is -0.169. The Balaban J connectivity index is 2.29. The first-order chi connectivity index (χ1) is 17.9. The molecule has 5 heteroatoms. The maximum atomic E-state index is 11.9. The minimum atomic E-state index is -3.37. The fourth-order valence-corrected chi connectivity index (χ4v) is 6.07. The molecule has 1 aromatic rings. The van der Waals surface area contributed by atoms with Crippen LogP contribution in [-0.2, 0) is 37.3 Å². The summed E-state index contributed by atoms with van der Waals surface area (Å²) in [6.07, 6.45) is 28.5. The molecule has 0 aliphatic rings. The second kappa shape index (κ2) is 24.0. The van der Waals surface area contributed by atoms with Gasteiger partial charge < -0.3 is 33.9 Å². The molecule has 1 aromatic carbocycles. The second-order valence-corrected chi connectivity index (χ2v) is 15.7.